The molecule has 0 bridgehead atoms. The highest BCUT2D eigenvalue weighted by Crippen LogP contribution is 2.34. The van der Waals surface area contributed by atoms with Crippen LogP contribution in [0.5, 0.6) is 5.75 Å². The summed E-state index contributed by atoms with van der Waals surface area (Å²) in [7, 11) is 0. The number of hydrogen-bond donors (Lipinski definition) is 1. The number of aliphatic imine (C=N–C) groups is 1. The Kier molecular flexibility index (Phi) is 7.20. The van der Waals surface area contributed by atoms with E-state index in [1.807, 2.05) is 31.2 Å². The van der Waals surface area contributed by atoms with Gasteiger partial charge in [-0.3, -0.25) is 25.2 Å². The molecule has 0 aromatic heterocycles. The van der Waals surface area contributed by atoms with Crippen LogP contribution in [0.25, 0.3) is 0 Å². The summed E-state index contributed by atoms with van der Waals surface area (Å²) in [6.07, 6.45) is 4.18. The fourth-order valence-corrected chi connectivity index (χ4v) is 4.59. The highest BCUT2D eigenvalue weighted by molar-refractivity contribution is 6.14. The molecule has 0 unspecified atom stereocenters. The molecule has 2 aromatic carbocycles. The van der Waals surface area contributed by atoms with E-state index in [1.165, 1.54) is 30.7 Å². The van der Waals surface area contributed by atoms with E-state index in [0.29, 0.717) is 6.54 Å². The number of fused-ring (bicyclic) bond motifs is 1. The first-order chi connectivity index (χ1) is 16.5. The summed E-state index contributed by atoms with van der Waals surface area (Å²) >= 11 is 0. The van der Waals surface area contributed by atoms with Crippen molar-refractivity contribution in [3.63, 3.8) is 0 Å². The van der Waals surface area contributed by atoms with Crippen LogP contribution in [-0.2, 0) is 4.79 Å². The van der Waals surface area contributed by atoms with Gasteiger partial charge >= 0.3 is 6.09 Å². The largest absolute Gasteiger partial charge is 0.414 e. The lowest BCUT2D eigenvalue weighted by atomic mass is 9.83. The fraction of sp³-hybridized carbons (Fsp3) is 0.400. The predicted molar refractivity (Wildman–Crippen MR) is 128 cm³/mol. The van der Waals surface area contributed by atoms with Gasteiger partial charge in [0.1, 0.15) is 5.75 Å². The molecular formula is C25H28N4O5. The van der Waals surface area contributed by atoms with Crippen molar-refractivity contribution < 1.29 is 19.2 Å². The van der Waals surface area contributed by atoms with Gasteiger partial charge in [0.25, 0.3) is 11.6 Å². The molecule has 0 saturated heterocycles. The number of nitrogens with zero attached hydrogens (tertiary/aromatic N) is 3. The molecule has 4 rings (SSSR count). The maximum absolute atomic E-state index is 13.5. The normalized spacial score (nSPS) is 18.5. The summed E-state index contributed by atoms with van der Waals surface area (Å²) in [6, 6.07) is 12.9. The number of amides is 2. The molecule has 1 aliphatic heterocycles. The first kappa shape index (κ1) is 23.4. The molecule has 9 heteroatoms. The van der Waals surface area contributed by atoms with Crippen LogP contribution in [0, 0.1) is 16.0 Å². The Balaban J connectivity index is 1.62. The SMILES string of the molecule is CCCN1C(=O)[C@H](NC(=O)Oc2ccc([N+](=O)[O-])cc2)N=C(C2CCCCC2)c2ccccc21. The van der Waals surface area contributed by atoms with E-state index in [1.54, 1.807) is 4.90 Å². The van der Waals surface area contributed by atoms with Gasteiger partial charge in [0.2, 0.25) is 6.17 Å². The van der Waals surface area contributed by atoms with E-state index in [2.05, 4.69) is 5.32 Å². The number of non-ortho nitro benzene ring substituents is 1. The molecule has 0 radical (unpaired) electrons. The van der Waals surface area contributed by atoms with Crippen molar-refractivity contribution in [1.82, 2.24) is 5.32 Å². The van der Waals surface area contributed by atoms with Crippen LogP contribution in [-0.4, -0.2) is 35.3 Å². The molecule has 2 aliphatic rings. The third kappa shape index (κ3) is 5.08. The standard InChI is InChI=1S/C25H28N4O5/c1-2-16-28-21-11-7-6-10-20(21)22(17-8-4-3-5-9-17)26-23(24(28)30)27-25(31)34-19-14-12-18(13-15-19)29(32)33/h6-7,10-15,17,23H,2-5,8-9,16H2,1H3,(H,27,31)/t23-/m0/s1. The van der Waals surface area contributed by atoms with Crippen LogP contribution in [0.2, 0.25) is 0 Å². The van der Waals surface area contributed by atoms with Crippen molar-refractivity contribution >= 4 is 29.1 Å². The molecule has 0 spiro atoms. The van der Waals surface area contributed by atoms with Crippen LogP contribution >= 0.6 is 0 Å². The zero-order valence-corrected chi connectivity index (χ0v) is 19.1. The fourth-order valence-electron chi connectivity index (χ4n) is 4.59. The third-order valence-electron chi connectivity index (χ3n) is 6.19. The first-order valence-corrected chi connectivity index (χ1v) is 11.7. The molecule has 1 fully saturated rings. The van der Waals surface area contributed by atoms with Crippen molar-refractivity contribution in [2.45, 2.75) is 51.6 Å². The molecule has 178 valence electrons. The molecule has 1 N–H and O–H groups in total. The number of para-hydroxylation sites is 1. The van der Waals surface area contributed by atoms with Crippen LogP contribution in [0.3, 0.4) is 0 Å². The summed E-state index contributed by atoms with van der Waals surface area (Å²) in [5, 5.41) is 13.4. The molecule has 1 heterocycles. The molecule has 9 nitrogen and oxygen atoms in total. The quantitative estimate of drug-likeness (QED) is 0.485. The van der Waals surface area contributed by atoms with E-state index in [9.17, 15) is 19.7 Å². The molecule has 2 amide bonds. The Hall–Kier alpha value is -3.75. The Labute approximate surface area is 198 Å². The minimum atomic E-state index is -1.12. The maximum atomic E-state index is 13.5. The van der Waals surface area contributed by atoms with Crippen LogP contribution in [0.1, 0.15) is 51.0 Å². The van der Waals surface area contributed by atoms with Crippen LogP contribution < -0.4 is 15.0 Å². The minimum Gasteiger partial charge on any atom is -0.410 e. The summed E-state index contributed by atoms with van der Waals surface area (Å²) in [6.45, 7) is 2.49. The zero-order chi connectivity index (χ0) is 24.1. The van der Waals surface area contributed by atoms with Gasteiger partial charge < -0.3 is 9.64 Å². The topological polar surface area (TPSA) is 114 Å². The summed E-state index contributed by atoms with van der Waals surface area (Å²) < 4.78 is 5.28. The predicted octanol–water partition coefficient (Wildman–Crippen LogP) is 4.84. The summed E-state index contributed by atoms with van der Waals surface area (Å²) in [5.41, 5.74) is 2.49. The highest BCUT2D eigenvalue weighted by Gasteiger charge is 2.35. The Morgan fingerprint density at radius 1 is 1.15 bits per heavy atom. The monoisotopic (exact) mass is 464 g/mol. The van der Waals surface area contributed by atoms with Gasteiger partial charge in [-0.25, -0.2) is 4.79 Å². The lowest BCUT2D eigenvalue weighted by Crippen LogP contribution is -2.48. The second-order valence-electron chi connectivity index (χ2n) is 8.54. The van der Waals surface area contributed by atoms with E-state index in [0.717, 1.165) is 49.1 Å². The minimum absolute atomic E-state index is 0.110. The number of nitrogens with one attached hydrogen (secondary N) is 1. The van der Waals surface area contributed by atoms with Gasteiger partial charge in [-0.2, -0.15) is 0 Å². The van der Waals surface area contributed by atoms with Gasteiger partial charge in [-0.05, 0) is 37.5 Å². The van der Waals surface area contributed by atoms with E-state index in [-0.39, 0.29) is 23.3 Å². The number of benzodiazepines with no additional fused rings is 1. The summed E-state index contributed by atoms with van der Waals surface area (Å²) in [5.74, 6) is 0.0365. The summed E-state index contributed by atoms with van der Waals surface area (Å²) in [4.78, 5) is 43.0. The van der Waals surface area contributed by atoms with Gasteiger partial charge in [-0.1, -0.05) is 44.4 Å². The number of nitro benzene ring substituents is 1. The highest BCUT2D eigenvalue weighted by atomic mass is 16.6. The Morgan fingerprint density at radius 3 is 2.53 bits per heavy atom. The number of hydrogen-bond acceptors (Lipinski definition) is 6. The number of benzene rings is 2. The zero-order valence-electron chi connectivity index (χ0n) is 19.1. The van der Waals surface area contributed by atoms with Gasteiger partial charge in [-0.15, -0.1) is 0 Å². The number of ether oxygens (including phenoxy) is 1. The first-order valence-electron chi connectivity index (χ1n) is 11.7. The van der Waals surface area contributed by atoms with E-state index >= 15 is 0 Å². The van der Waals surface area contributed by atoms with Crippen molar-refractivity contribution in [3.05, 3.63) is 64.2 Å². The van der Waals surface area contributed by atoms with Gasteiger partial charge in [0.05, 0.1) is 16.3 Å². The molecule has 1 atom stereocenters. The van der Waals surface area contributed by atoms with Gasteiger partial charge in [0, 0.05) is 30.2 Å². The average Bonchev–Trinajstić information content (AvgIpc) is 2.96. The second kappa shape index (κ2) is 10.5. The number of rotatable bonds is 6. The van der Waals surface area contributed by atoms with Gasteiger partial charge in [0.15, 0.2) is 0 Å². The molecular weight excluding hydrogens is 436 g/mol. The van der Waals surface area contributed by atoms with Crippen molar-refractivity contribution in [2.24, 2.45) is 10.9 Å². The van der Waals surface area contributed by atoms with Crippen LogP contribution in [0.15, 0.2) is 53.5 Å². The maximum Gasteiger partial charge on any atom is 0.414 e. The van der Waals surface area contributed by atoms with E-state index < -0.39 is 17.2 Å². The number of nitro groups is 1. The number of carbonyl (C=O) groups is 2. The second-order valence-corrected chi connectivity index (χ2v) is 8.54. The third-order valence-corrected chi connectivity index (χ3v) is 6.19. The molecule has 34 heavy (non-hydrogen) atoms. The smallest absolute Gasteiger partial charge is 0.410 e. The molecule has 2 aromatic rings. The van der Waals surface area contributed by atoms with Crippen LogP contribution in [0.4, 0.5) is 16.2 Å². The Morgan fingerprint density at radius 2 is 1.85 bits per heavy atom. The molecule has 1 saturated carbocycles. The lowest BCUT2D eigenvalue weighted by Gasteiger charge is -2.26. The molecule has 1 aliphatic carbocycles. The number of carbonyl (C=O) groups excluding carboxylic acids is 2. The Bertz CT molecular complexity index is 1090. The average molecular weight is 465 g/mol. The van der Waals surface area contributed by atoms with Crippen molar-refractivity contribution in [1.29, 1.82) is 0 Å². The van der Waals surface area contributed by atoms with Crippen molar-refractivity contribution in [3.8, 4) is 5.75 Å². The lowest BCUT2D eigenvalue weighted by molar-refractivity contribution is -0.384. The van der Waals surface area contributed by atoms with Crippen molar-refractivity contribution in [2.75, 3.05) is 11.4 Å². The van der Waals surface area contributed by atoms with E-state index in [4.69, 9.17) is 9.73 Å². The number of anilines is 1.